The van der Waals surface area contributed by atoms with E-state index in [1.165, 1.54) is 0 Å². The third kappa shape index (κ3) is 7.04. The second-order valence-electron chi connectivity index (χ2n) is 10.7. The zero-order valence-electron chi connectivity index (χ0n) is 24.4. The van der Waals surface area contributed by atoms with Gasteiger partial charge in [0.15, 0.2) is 0 Å². The van der Waals surface area contributed by atoms with E-state index in [4.69, 9.17) is 9.47 Å². The summed E-state index contributed by atoms with van der Waals surface area (Å²) in [4.78, 5) is 0. The molecule has 5 aromatic rings. The summed E-state index contributed by atoms with van der Waals surface area (Å²) in [6, 6.07) is 29.1. The van der Waals surface area contributed by atoms with E-state index in [9.17, 15) is 20.4 Å². The summed E-state index contributed by atoms with van der Waals surface area (Å²) in [6.07, 6.45) is 2.73. The Hall–Kier alpha value is -5.10. The first-order valence-corrected chi connectivity index (χ1v) is 14.2. The molecule has 4 N–H and O–H groups in total. The summed E-state index contributed by atoms with van der Waals surface area (Å²) in [6.45, 7) is 0. The summed E-state index contributed by atoms with van der Waals surface area (Å²) >= 11 is 0. The second-order valence-corrected chi connectivity index (χ2v) is 10.7. The van der Waals surface area contributed by atoms with Crippen molar-refractivity contribution in [2.24, 2.45) is 0 Å². The number of rotatable bonds is 11. The molecule has 5 rings (SSSR count). The van der Waals surface area contributed by atoms with Crippen LogP contribution < -0.4 is 9.47 Å². The van der Waals surface area contributed by atoms with Gasteiger partial charge in [0.05, 0.1) is 14.2 Å². The molecule has 0 bridgehead atoms. The van der Waals surface area contributed by atoms with Crippen LogP contribution >= 0.6 is 0 Å². The topological polar surface area (TPSA) is 99.4 Å². The fourth-order valence-electron chi connectivity index (χ4n) is 5.57. The normalized spacial score (nSPS) is 10.9. The third-order valence-corrected chi connectivity index (χ3v) is 7.80. The predicted molar refractivity (Wildman–Crippen MR) is 168 cm³/mol. The Morgan fingerprint density at radius 2 is 0.953 bits per heavy atom. The number of benzene rings is 5. The van der Waals surface area contributed by atoms with Gasteiger partial charge in [-0.1, -0.05) is 48.5 Å². The number of aryl methyl sites for hydroxylation is 1. The van der Waals surface area contributed by atoms with Crippen molar-refractivity contribution in [3.63, 3.8) is 0 Å². The van der Waals surface area contributed by atoms with Crippen LogP contribution in [0.4, 0.5) is 0 Å². The molecule has 0 radical (unpaired) electrons. The van der Waals surface area contributed by atoms with Gasteiger partial charge in [0.25, 0.3) is 0 Å². The van der Waals surface area contributed by atoms with Crippen molar-refractivity contribution in [2.75, 3.05) is 14.2 Å². The predicted octanol–water partition coefficient (Wildman–Crippen LogP) is 7.08. The first-order valence-electron chi connectivity index (χ1n) is 14.2. The fourth-order valence-corrected chi connectivity index (χ4v) is 5.57. The van der Waals surface area contributed by atoms with Crippen LogP contribution in [-0.4, -0.2) is 34.6 Å². The zero-order chi connectivity index (χ0) is 30.3. The van der Waals surface area contributed by atoms with Crippen LogP contribution in [0.3, 0.4) is 0 Å². The molecule has 0 aromatic heterocycles. The van der Waals surface area contributed by atoms with E-state index < -0.39 is 0 Å². The molecule has 0 saturated carbocycles. The SMILES string of the molecule is COc1cccc(CCc2c(Cc3ccc(O)cc3)c(O)c(Cc3ccc(O)cc3)c(OC)c2Cc2ccc(O)cc2)c1. The van der Waals surface area contributed by atoms with E-state index in [2.05, 4.69) is 6.07 Å². The largest absolute Gasteiger partial charge is 0.508 e. The molecule has 0 heterocycles. The zero-order valence-corrected chi connectivity index (χ0v) is 24.4. The number of hydrogen-bond donors (Lipinski definition) is 4. The highest BCUT2D eigenvalue weighted by Crippen LogP contribution is 2.43. The van der Waals surface area contributed by atoms with Crippen molar-refractivity contribution in [1.29, 1.82) is 0 Å². The number of hydrogen-bond acceptors (Lipinski definition) is 6. The molecule has 220 valence electrons. The van der Waals surface area contributed by atoms with Gasteiger partial charge in [-0.2, -0.15) is 0 Å². The highest BCUT2D eigenvalue weighted by Gasteiger charge is 2.25. The maximum atomic E-state index is 12.0. The number of methoxy groups -OCH3 is 2. The van der Waals surface area contributed by atoms with E-state index in [1.807, 2.05) is 54.6 Å². The van der Waals surface area contributed by atoms with Crippen LogP contribution in [0.2, 0.25) is 0 Å². The van der Waals surface area contributed by atoms with Crippen molar-refractivity contribution in [3.8, 4) is 34.5 Å². The first-order chi connectivity index (χ1) is 20.8. The van der Waals surface area contributed by atoms with E-state index in [0.29, 0.717) is 43.4 Å². The minimum absolute atomic E-state index is 0.174. The molecule has 0 aliphatic carbocycles. The fraction of sp³-hybridized carbons (Fsp3) is 0.189. The quantitative estimate of drug-likeness (QED) is 0.134. The Kier molecular flexibility index (Phi) is 9.06. The number of phenolic OH excluding ortho intramolecular Hbond substituents is 4. The highest BCUT2D eigenvalue weighted by atomic mass is 16.5. The molecule has 6 heteroatoms. The van der Waals surface area contributed by atoms with Crippen LogP contribution in [0.5, 0.6) is 34.5 Å². The lowest BCUT2D eigenvalue weighted by Crippen LogP contribution is -2.10. The van der Waals surface area contributed by atoms with E-state index in [0.717, 1.165) is 44.7 Å². The van der Waals surface area contributed by atoms with Crippen molar-refractivity contribution < 1.29 is 29.9 Å². The van der Waals surface area contributed by atoms with E-state index >= 15 is 0 Å². The third-order valence-electron chi connectivity index (χ3n) is 7.80. The number of ether oxygens (including phenoxy) is 2. The molecule has 0 aliphatic rings. The van der Waals surface area contributed by atoms with Gasteiger partial charge in [0.1, 0.15) is 34.5 Å². The van der Waals surface area contributed by atoms with Crippen LogP contribution in [0, 0.1) is 0 Å². The highest BCUT2D eigenvalue weighted by molar-refractivity contribution is 5.62. The smallest absolute Gasteiger partial charge is 0.129 e. The molecule has 0 saturated heterocycles. The summed E-state index contributed by atoms with van der Waals surface area (Å²) in [5, 5.41) is 41.6. The molecule has 6 nitrogen and oxygen atoms in total. The minimum Gasteiger partial charge on any atom is -0.508 e. The Morgan fingerprint density at radius 1 is 0.465 bits per heavy atom. The van der Waals surface area contributed by atoms with Gasteiger partial charge in [-0.05, 0) is 89.2 Å². The Balaban J connectivity index is 1.69. The molecule has 0 spiro atoms. The molecule has 0 unspecified atom stereocenters. The van der Waals surface area contributed by atoms with Crippen molar-refractivity contribution in [2.45, 2.75) is 32.1 Å². The lowest BCUT2D eigenvalue weighted by molar-refractivity contribution is 0.394. The summed E-state index contributed by atoms with van der Waals surface area (Å²) < 4.78 is 11.5. The van der Waals surface area contributed by atoms with Crippen LogP contribution in [0.1, 0.15) is 44.5 Å². The summed E-state index contributed by atoms with van der Waals surface area (Å²) in [5.74, 6) is 2.13. The van der Waals surface area contributed by atoms with Crippen molar-refractivity contribution >= 4 is 0 Å². The van der Waals surface area contributed by atoms with Gasteiger partial charge in [-0.25, -0.2) is 0 Å². The van der Waals surface area contributed by atoms with Crippen molar-refractivity contribution in [1.82, 2.24) is 0 Å². The van der Waals surface area contributed by atoms with Gasteiger partial charge in [-0.15, -0.1) is 0 Å². The molecule has 0 amide bonds. The average molecular weight is 577 g/mol. The van der Waals surface area contributed by atoms with Gasteiger partial charge in [-0.3, -0.25) is 0 Å². The summed E-state index contributed by atoms with van der Waals surface area (Å²) in [5.41, 5.74) is 7.41. The maximum absolute atomic E-state index is 12.0. The lowest BCUT2D eigenvalue weighted by atomic mass is 9.84. The molecule has 0 fully saturated rings. The Morgan fingerprint density at radius 3 is 1.44 bits per heavy atom. The Bertz CT molecular complexity index is 1670. The monoisotopic (exact) mass is 576 g/mol. The first kappa shape index (κ1) is 29.4. The van der Waals surface area contributed by atoms with Crippen molar-refractivity contribution in [3.05, 3.63) is 142 Å². The standard InChI is InChI=1S/C37H36O6/c1-42-31-5-3-4-24(20-31)12-19-32-33(21-25-6-13-28(38)14-7-25)36(41)35(23-27-10-17-30(40)18-11-27)37(43-2)34(32)22-26-8-15-29(39)16-9-26/h3-11,13-18,20,38-41H,12,19,21-23H2,1-2H3. The van der Waals surface area contributed by atoms with Gasteiger partial charge in [0.2, 0.25) is 0 Å². The molecule has 0 aliphatic heterocycles. The van der Waals surface area contributed by atoms with Gasteiger partial charge < -0.3 is 29.9 Å². The van der Waals surface area contributed by atoms with Gasteiger partial charge >= 0.3 is 0 Å². The van der Waals surface area contributed by atoms with Crippen LogP contribution in [0.25, 0.3) is 0 Å². The lowest BCUT2D eigenvalue weighted by Gasteiger charge is -2.24. The number of phenols is 4. The Labute approximate surface area is 252 Å². The van der Waals surface area contributed by atoms with E-state index in [-0.39, 0.29) is 23.0 Å². The maximum Gasteiger partial charge on any atom is 0.129 e. The molecule has 5 aromatic carbocycles. The number of aromatic hydroxyl groups is 4. The molecule has 43 heavy (non-hydrogen) atoms. The van der Waals surface area contributed by atoms with Crippen LogP contribution in [0.15, 0.2) is 97.1 Å². The van der Waals surface area contributed by atoms with E-state index in [1.54, 1.807) is 50.6 Å². The molecular formula is C37H36O6. The minimum atomic E-state index is 0.174. The van der Waals surface area contributed by atoms with Gasteiger partial charge in [0, 0.05) is 36.0 Å². The summed E-state index contributed by atoms with van der Waals surface area (Å²) in [7, 11) is 3.28. The average Bonchev–Trinajstić information content (AvgIpc) is 3.02. The molecular weight excluding hydrogens is 540 g/mol. The second kappa shape index (κ2) is 13.3. The molecule has 0 atom stereocenters. The van der Waals surface area contributed by atoms with Crippen LogP contribution in [-0.2, 0) is 32.1 Å².